The van der Waals surface area contributed by atoms with E-state index in [2.05, 4.69) is 17.5 Å². The number of halogens is 1. The van der Waals surface area contributed by atoms with Crippen molar-refractivity contribution in [1.82, 2.24) is 5.43 Å². The molecule has 10 heteroatoms. The van der Waals surface area contributed by atoms with Gasteiger partial charge in [0.15, 0.2) is 18.1 Å². The number of rotatable bonds is 8. The molecule has 142 valence electrons. The van der Waals surface area contributed by atoms with Crippen LogP contribution in [-0.2, 0) is 9.59 Å². The highest BCUT2D eigenvalue weighted by atomic mass is 35.5. The van der Waals surface area contributed by atoms with Crippen molar-refractivity contribution in [1.29, 1.82) is 0 Å². The second-order valence-corrected chi connectivity index (χ2v) is 9.38. The van der Waals surface area contributed by atoms with E-state index >= 15 is 0 Å². The topological polar surface area (TPSA) is 97.2 Å². The zero-order valence-corrected chi connectivity index (χ0v) is 16.7. The molecule has 1 aliphatic heterocycles. The molecule has 1 aromatic carbocycles. The van der Waals surface area contributed by atoms with E-state index in [1.807, 2.05) is 0 Å². The van der Waals surface area contributed by atoms with Crippen LogP contribution >= 0.6 is 35.1 Å². The van der Waals surface area contributed by atoms with E-state index in [-0.39, 0.29) is 26.5 Å². The van der Waals surface area contributed by atoms with Crippen LogP contribution in [0.3, 0.4) is 0 Å². The molecule has 0 radical (unpaired) electrons. The Morgan fingerprint density at radius 1 is 1.42 bits per heavy atom. The highest BCUT2D eigenvalue weighted by molar-refractivity contribution is 8.21. The molecule has 26 heavy (non-hydrogen) atoms. The molecule has 0 bridgehead atoms. The lowest BCUT2D eigenvalue weighted by atomic mass is 10.2. The van der Waals surface area contributed by atoms with Gasteiger partial charge in [0, 0.05) is 11.5 Å². The van der Waals surface area contributed by atoms with Crippen LogP contribution in [0.25, 0.3) is 0 Å². The van der Waals surface area contributed by atoms with Crippen LogP contribution in [-0.4, -0.2) is 52.5 Å². The number of carboxylic acid groups (broad SMARTS) is 1. The van der Waals surface area contributed by atoms with Crippen molar-refractivity contribution in [2.75, 3.05) is 25.2 Å². The Balaban J connectivity index is 1.99. The van der Waals surface area contributed by atoms with E-state index in [0.29, 0.717) is 12.0 Å². The van der Waals surface area contributed by atoms with Crippen molar-refractivity contribution < 1.29 is 24.2 Å². The first-order chi connectivity index (χ1) is 12.3. The third kappa shape index (κ3) is 6.00. The predicted molar refractivity (Wildman–Crippen MR) is 105 cm³/mol. The van der Waals surface area contributed by atoms with Crippen molar-refractivity contribution >= 4 is 53.2 Å². The van der Waals surface area contributed by atoms with Gasteiger partial charge in [-0.2, -0.15) is 5.10 Å². The first-order valence-corrected chi connectivity index (χ1v) is 10.00. The smallest absolute Gasteiger partial charge is 0.341 e. The van der Waals surface area contributed by atoms with Gasteiger partial charge in [-0.15, -0.1) is 23.5 Å². The monoisotopic (exact) mass is 418 g/mol. The molecule has 2 N–H and O–H groups in total. The fraction of sp³-hybridized carbons (Fsp3) is 0.438. The van der Waals surface area contributed by atoms with Crippen LogP contribution in [0, 0.1) is 0 Å². The van der Waals surface area contributed by atoms with Crippen LogP contribution in [0.2, 0.25) is 5.02 Å². The Hall–Kier alpha value is -1.58. The third-order valence-corrected chi connectivity index (χ3v) is 6.95. The summed E-state index contributed by atoms with van der Waals surface area (Å²) in [5, 5.41) is 12.8. The van der Waals surface area contributed by atoms with Crippen molar-refractivity contribution in [3.05, 3.63) is 22.7 Å². The molecule has 0 atom stereocenters. The molecule has 0 spiro atoms. The Kier molecular flexibility index (Phi) is 7.48. The predicted octanol–water partition coefficient (Wildman–Crippen LogP) is 2.85. The molecule has 0 aromatic heterocycles. The van der Waals surface area contributed by atoms with Crippen molar-refractivity contribution in [3.63, 3.8) is 0 Å². The number of nitrogens with zero attached hydrogens (tertiary/aromatic N) is 1. The standard InChI is InChI=1S/C16H19ClN2O5S2/c1-16(25-3-4-26-16)7-13(20)19-18-8-10-5-11(17)15(12(6-10)23-2)24-9-14(21)22/h5-6,8H,3-4,7,9H2,1-2H3,(H,19,20)(H,21,22). The molecule has 1 heterocycles. The molecule has 0 aliphatic carbocycles. The molecule has 1 fully saturated rings. The van der Waals surface area contributed by atoms with E-state index in [1.54, 1.807) is 35.7 Å². The molecular weight excluding hydrogens is 400 g/mol. The highest BCUT2D eigenvalue weighted by Crippen LogP contribution is 2.45. The molecule has 7 nitrogen and oxygen atoms in total. The van der Waals surface area contributed by atoms with Crippen LogP contribution < -0.4 is 14.9 Å². The first kappa shape index (κ1) is 20.7. The quantitative estimate of drug-likeness (QED) is 0.494. The second-order valence-electron chi connectivity index (χ2n) is 5.52. The Bertz CT molecular complexity index is 708. The van der Waals surface area contributed by atoms with Gasteiger partial charge in [-0.25, -0.2) is 10.2 Å². The molecule has 0 unspecified atom stereocenters. The number of nitrogens with one attached hydrogen (secondary N) is 1. The summed E-state index contributed by atoms with van der Waals surface area (Å²) in [6.07, 6.45) is 1.82. The summed E-state index contributed by atoms with van der Waals surface area (Å²) >= 11 is 9.67. The lowest BCUT2D eigenvalue weighted by Gasteiger charge is -2.19. The maximum absolute atomic E-state index is 12.0. The number of aliphatic carboxylic acids is 1. The van der Waals surface area contributed by atoms with E-state index in [0.717, 1.165) is 11.5 Å². The van der Waals surface area contributed by atoms with E-state index in [1.165, 1.54) is 13.3 Å². The fourth-order valence-corrected chi connectivity index (χ4v) is 5.36. The molecule has 1 amide bonds. The number of benzene rings is 1. The number of carbonyl (C=O) groups excluding carboxylic acids is 1. The lowest BCUT2D eigenvalue weighted by molar-refractivity contribution is -0.139. The normalized spacial score (nSPS) is 15.8. The number of carboxylic acids is 1. The number of ether oxygens (including phenoxy) is 2. The lowest BCUT2D eigenvalue weighted by Crippen LogP contribution is -2.26. The zero-order valence-electron chi connectivity index (χ0n) is 14.3. The van der Waals surface area contributed by atoms with E-state index < -0.39 is 12.6 Å². The summed E-state index contributed by atoms with van der Waals surface area (Å²) in [6, 6.07) is 3.13. The zero-order chi connectivity index (χ0) is 19.2. The summed E-state index contributed by atoms with van der Waals surface area (Å²) in [5.41, 5.74) is 3.08. The summed E-state index contributed by atoms with van der Waals surface area (Å²) in [4.78, 5) is 22.6. The van der Waals surface area contributed by atoms with Crippen molar-refractivity contribution in [2.24, 2.45) is 5.10 Å². The Morgan fingerprint density at radius 3 is 2.73 bits per heavy atom. The molecule has 1 aliphatic rings. The average molecular weight is 419 g/mol. The van der Waals surface area contributed by atoms with E-state index in [4.69, 9.17) is 26.2 Å². The maximum Gasteiger partial charge on any atom is 0.341 e. The van der Waals surface area contributed by atoms with Gasteiger partial charge >= 0.3 is 5.97 Å². The Labute approximate surface area is 164 Å². The SMILES string of the molecule is COc1cc(C=NNC(=O)CC2(C)SCCS2)cc(Cl)c1OCC(=O)O. The molecule has 0 saturated carbocycles. The van der Waals surface area contributed by atoms with Gasteiger partial charge in [0.25, 0.3) is 0 Å². The minimum atomic E-state index is -1.12. The average Bonchev–Trinajstić information content (AvgIpc) is 2.99. The van der Waals surface area contributed by atoms with Gasteiger partial charge in [0.05, 0.1) is 28.8 Å². The molecule has 1 aromatic rings. The Morgan fingerprint density at radius 2 is 2.12 bits per heavy atom. The number of methoxy groups -OCH3 is 1. The number of hydrogen-bond donors (Lipinski definition) is 2. The van der Waals surface area contributed by atoms with Crippen LogP contribution in [0.15, 0.2) is 17.2 Å². The summed E-state index contributed by atoms with van der Waals surface area (Å²) in [5.74, 6) is 1.23. The van der Waals surface area contributed by atoms with Gasteiger partial charge < -0.3 is 14.6 Å². The number of thioether (sulfide) groups is 2. The second kappa shape index (κ2) is 9.38. The van der Waals surface area contributed by atoms with Crippen LogP contribution in [0.1, 0.15) is 18.9 Å². The summed E-state index contributed by atoms with van der Waals surface area (Å²) in [7, 11) is 1.42. The fourth-order valence-electron chi connectivity index (χ4n) is 2.26. The number of carbonyl (C=O) groups is 2. The summed E-state index contributed by atoms with van der Waals surface area (Å²) < 4.78 is 10.2. The van der Waals surface area contributed by atoms with Gasteiger partial charge in [0.2, 0.25) is 5.91 Å². The van der Waals surface area contributed by atoms with Crippen LogP contribution in [0.4, 0.5) is 0 Å². The minimum Gasteiger partial charge on any atom is -0.493 e. The van der Waals surface area contributed by atoms with Gasteiger partial charge in [0.1, 0.15) is 0 Å². The number of hydrogen-bond acceptors (Lipinski definition) is 7. The number of amides is 1. The maximum atomic E-state index is 12.0. The summed E-state index contributed by atoms with van der Waals surface area (Å²) in [6.45, 7) is 1.52. The first-order valence-electron chi connectivity index (χ1n) is 7.65. The third-order valence-electron chi connectivity index (χ3n) is 3.37. The molecule has 1 saturated heterocycles. The van der Waals surface area contributed by atoms with Gasteiger partial charge in [-0.3, -0.25) is 4.79 Å². The number of hydrazone groups is 1. The van der Waals surface area contributed by atoms with Crippen molar-refractivity contribution in [2.45, 2.75) is 17.4 Å². The van der Waals surface area contributed by atoms with Gasteiger partial charge in [-0.05, 0) is 24.6 Å². The van der Waals surface area contributed by atoms with Gasteiger partial charge in [-0.1, -0.05) is 11.6 Å². The van der Waals surface area contributed by atoms with E-state index in [9.17, 15) is 9.59 Å². The van der Waals surface area contributed by atoms with Crippen molar-refractivity contribution in [3.8, 4) is 11.5 Å². The minimum absolute atomic E-state index is 0.102. The molecule has 2 rings (SSSR count). The largest absolute Gasteiger partial charge is 0.493 e. The highest BCUT2D eigenvalue weighted by Gasteiger charge is 2.32. The van der Waals surface area contributed by atoms with Crippen LogP contribution in [0.5, 0.6) is 11.5 Å². The molecular formula is C16H19ClN2O5S2.